The summed E-state index contributed by atoms with van der Waals surface area (Å²) in [6, 6.07) is 6.26. The van der Waals surface area contributed by atoms with Gasteiger partial charge in [0.25, 0.3) is 0 Å². The molecule has 0 saturated carbocycles. The quantitative estimate of drug-likeness (QED) is 0.827. The molecule has 0 atom stereocenters. The number of aliphatic hydroxyl groups excluding tert-OH is 1. The minimum Gasteiger partial charge on any atom is -0.392 e. The molecule has 3 heteroatoms. The summed E-state index contributed by atoms with van der Waals surface area (Å²) in [5, 5.41) is 11.4. The van der Waals surface area contributed by atoms with Crippen LogP contribution in [0, 0.1) is 6.92 Å². The molecule has 0 spiro atoms. The number of aryl methyl sites for hydroxylation is 1. The maximum absolute atomic E-state index is 9.35. The molecule has 2 aromatic rings. The number of hydrogen-bond acceptors (Lipinski definition) is 2. The van der Waals surface area contributed by atoms with Crippen molar-refractivity contribution in [1.29, 1.82) is 0 Å². The standard InChI is InChI=1S/C11H11BrOS/c1-7-3-2-4-9-11(7)8(6-13)10(5-12)14-9/h2-4,13H,5-6H2,1H3. The summed E-state index contributed by atoms with van der Waals surface area (Å²) < 4.78 is 1.27. The van der Waals surface area contributed by atoms with Gasteiger partial charge < -0.3 is 5.11 Å². The highest BCUT2D eigenvalue weighted by Gasteiger charge is 2.11. The van der Waals surface area contributed by atoms with E-state index in [4.69, 9.17) is 0 Å². The first-order chi connectivity index (χ1) is 6.77. The molecule has 0 bridgehead atoms. The summed E-state index contributed by atoms with van der Waals surface area (Å²) in [6.07, 6.45) is 0. The first kappa shape index (κ1) is 10.1. The van der Waals surface area contributed by atoms with Crippen molar-refractivity contribution in [3.63, 3.8) is 0 Å². The van der Waals surface area contributed by atoms with E-state index in [-0.39, 0.29) is 6.61 Å². The van der Waals surface area contributed by atoms with Crippen LogP contribution >= 0.6 is 27.3 Å². The molecule has 0 amide bonds. The minimum atomic E-state index is 0.131. The molecule has 1 heterocycles. The van der Waals surface area contributed by atoms with Crippen molar-refractivity contribution in [3.8, 4) is 0 Å². The predicted molar refractivity (Wildman–Crippen MR) is 65.1 cm³/mol. The largest absolute Gasteiger partial charge is 0.392 e. The molecular weight excluding hydrogens is 260 g/mol. The molecule has 0 saturated heterocycles. The second-order valence-corrected chi connectivity index (χ2v) is 4.94. The van der Waals surface area contributed by atoms with Crippen molar-refractivity contribution in [3.05, 3.63) is 34.2 Å². The summed E-state index contributed by atoms with van der Waals surface area (Å²) in [5.41, 5.74) is 2.33. The van der Waals surface area contributed by atoms with Crippen molar-refractivity contribution in [2.75, 3.05) is 0 Å². The lowest BCUT2D eigenvalue weighted by Crippen LogP contribution is -1.86. The number of alkyl halides is 1. The van der Waals surface area contributed by atoms with Gasteiger partial charge in [-0.3, -0.25) is 0 Å². The van der Waals surface area contributed by atoms with Crippen LogP contribution in [0.15, 0.2) is 18.2 Å². The summed E-state index contributed by atoms with van der Waals surface area (Å²) >= 11 is 5.21. The Kier molecular flexibility index (Phi) is 2.91. The Labute approximate surface area is 95.5 Å². The van der Waals surface area contributed by atoms with Gasteiger partial charge in [-0.1, -0.05) is 28.1 Å². The van der Waals surface area contributed by atoms with Crippen LogP contribution in [-0.4, -0.2) is 5.11 Å². The molecule has 1 aromatic carbocycles. The first-order valence-corrected chi connectivity index (χ1v) is 6.38. The Morgan fingerprint density at radius 2 is 2.21 bits per heavy atom. The normalized spacial score (nSPS) is 11.1. The highest BCUT2D eigenvalue weighted by molar-refractivity contribution is 9.08. The van der Waals surface area contributed by atoms with E-state index in [9.17, 15) is 5.11 Å². The molecule has 74 valence electrons. The van der Waals surface area contributed by atoms with Crippen molar-refractivity contribution in [1.82, 2.24) is 0 Å². The molecule has 14 heavy (non-hydrogen) atoms. The zero-order valence-corrected chi connectivity index (χ0v) is 10.3. The van der Waals surface area contributed by atoms with Gasteiger partial charge >= 0.3 is 0 Å². The Morgan fingerprint density at radius 3 is 2.86 bits per heavy atom. The highest BCUT2D eigenvalue weighted by atomic mass is 79.9. The van der Waals surface area contributed by atoms with Crippen LogP contribution in [0.5, 0.6) is 0 Å². The SMILES string of the molecule is Cc1cccc2sc(CBr)c(CO)c12. The van der Waals surface area contributed by atoms with Crippen molar-refractivity contribution < 1.29 is 5.11 Å². The number of halogens is 1. The fourth-order valence-corrected chi connectivity index (χ4v) is 3.55. The van der Waals surface area contributed by atoms with E-state index < -0.39 is 0 Å². The van der Waals surface area contributed by atoms with Gasteiger partial charge in [0.2, 0.25) is 0 Å². The molecule has 0 aliphatic rings. The number of aliphatic hydroxyl groups is 1. The molecule has 0 fully saturated rings. The lowest BCUT2D eigenvalue weighted by Gasteiger charge is -1.99. The molecule has 1 nitrogen and oxygen atoms in total. The van der Waals surface area contributed by atoms with Gasteiger partial charge in [0.1, 0.15) is 0 Å². The first-order valence-electron chi connectivity index (χ1n) is 4.44. The van der Waals surface area contributed by atoms with Crippen LogP contribution in [0.1, 0.15) is 16.0 Å². The van der Waals surface area contributed by atoms with Crippen molar-refractivity contribution >= 4 is 37.4 Å². The lowest BCUT2D eigenvalue weighted by atomic mass is 10.1. The smallest absolute Gasteiger partial charge is 0.0699 e. The molecule has 0 unspecified atom stereocenters. The molecule has 2 rings (SSSR count). The Balaban J connectivity index is 2.81. The van der Waals surface area contributed by atoms with E-state index in [1.165, 1.54) is 20.5 Å². The van der Waals surface area contributed by atoms with E-state index in [0.717, 1.165) is 10.9 Å². The van der Waals surface area contributed by atoms with E-state index in [2.05, 4.69) is 41.1 Å². The number of fused-ring (bicyclic) bond motifs is 1. The van der Waals surface area contributed by atoms with Gasteiger partial charge in [-0.2, -0.15) is 0 Å². The minimum absolute atomic E-state index is 0.131. The van der Waals surface area contributed by atoms with E-state index in [1.807, 2.05) is 0 Å². The van der Waals surface area contributed by atoms with Gasteiger partial charge in [-0.15, -0.1) is 11.3 Å². The summed E-state index contributed by atoms with van der Waals surface area (Å²) in [6.45, 7) is 2.22. The van der Waals surface area contributed by atoms with Crippen molar-refractivity contribution in [2.45, 2.75) is 18.9 Å². The van der Waals surface area contributed by atoms with Crippen LogP contribution in [0.2, 0.25) is 0 Å². The van der Waals surface area contributed by atoms with Gasteiger partial charge in [0.05, 0.1) is 6.61 Å². The molecule has 1 N–H and O–H groups in total. The molecular formula is C11H11BrOS. The molecule has 0 aliphatic carbocycles. The Hall–Kier alpha value is -0.380. The second kappa shape index (κ2) is 4.01. The van der Waals surface area contributed by atoms with Crippen LogP contribution < -0.4 is 0 Å². The van der Waals surface area contributed by atoms with Crippen LogP contribution in [-0.2, 0) is 11.9 Å². The monoisotopic (exact) mass is 270 g/mol. The summed E-state index contributed by atoms with van der Waals surface area (Å²) in [7, 11) is 0. The molecule has 1 aromatic heterocycles. The van der Waals surface area contributed by atoms with Gasteiger partial charge in [-0.25, -0.2) is 0 Å². The number of hydrogen-bond donors (Lipinski definition) is 1. The zero-order chi connectivity index (χ0) is 10.1. The predicted octanol–water partition coefficient (Wildman–Crippen LogP) is 3.60. The van der Waals surface area contributed by atoms with Gasteiger partial charge in [0.15, 0.2) is 0 Å². The average molecular weight is 271 g/mol. The molecule has 0 radical (unpaired) electrons. The van der Waals surface area contributed by atoms with Crippen LogP contribution in [0.25, 0.3) is 10.1 Å². The van der Waals surface area contributed by atoms with Gasteiger partial charge in [0, 0.05) is 25.9 Å². The van der Waals surface area contributed by atoms with Crippen molar-refractivity contribution in [2.24, 2.45) is 0 Å². The molecule has 0 aliphatic heterocycles. The summed E-state index contributed by atoms with van der Waals surface area (Å²) in [4.78, 5) is 1.23. The number of rotatable bonds is 2. The number of thiophene rings is 1. The van der Waals surface area contributed by atoms with E-state index in [0.29, 0.717) is 0 Å². The fraction of sp³-hybridized carbons (Fsp3) is 0.273. The highest BCUT2D eigenvalue weighted by Crippen LogP contribution is 2.34. The summed E-state index contributed by atoms with van der Waals surface area (Å²) in [5.74, 6) is 0. The Morgan fingerprint density at radius 1 is 1.43 bits per heavy atom. The second-order valence-electron chi connectivity index (χ2n) is 3.24. The van der Waals surface area contributed by atoms with E-state index in [1.54, 1.807) is 11.3 Å². The van der Waals surface area contributed by atoms with Gasteiger partial charge in [-0.05, 0) is 18.6 Å². The average Bonchev–Trinajstić information content (AvgIpc) is 2.56. The third kappa shape index (κ3) is 1.49. The van der Waals surface area contributed by atoms with Crippen LogP contribution in [0.3, 0.4) is 0 Å². The van der Waals surface area contributed by atoms with E-state index >= 15 is 0 Å². The third-order valence-corrected chi connectivity index (χ3v) is 4.51. The maximum atomic E-state index is 9.35. The third-order valence-electron chi connectivity index (χ3n) is 2.39. The maximum Gasteiger partial charge on any atom is 0.0699 e. The number of benzene rings is 1. The Bertz CT molecular complexity index is 462. The van der Waals surface area contributed by atoms with Crippen LogP contribution in [0.4, 0.5) is 0 Å². The lowest BCUT2D eigenvalue weighted by molar-refractivity contribution is 0.283. The zero-order valence-electron chi connectivity index (χ0n) is 7.88. The topological polar surface area (TPSA) is 20.2 Å². The fourth-order valence-electron chi connectivity index (χ4n) is 1.72.